The number of alkyl halides is 3. The molecule has 3 fully saturated rings. The molecule has 180 valence electrons. The number of hydrogen-bond donors (Lipinski definition) is 3. The Hall–Kier alpha value is -2.87. The fraction of sp³-hybridized carbons (Fsp3) is 0.462. The van der Waals surface area contributed by atoms with Gasteiger partial charge in [-0.1, -0.05) is 24.8 Å². The highest BCUT2D eigenvalue weighted by molar-refractivity contribution is 6.01. The third-order valence-electron chi connectivity index (χ3n) is 7.45. The lowest BCUT2D eigenvalue weighted by atomic mass is 9.91. The predicted octanol–water partition coefficient (Wildman–Crippen LogP) is 5.18. The Morgan fingerprint density at radius 3 is 2.56 bits per heavy atom. The van der Waals surface area contributed by atoms with E-state index in [-0.39, 0.29) is 28.6 Å². The number of halogens is 3. The van der Waals surface area contributed by atoms with Crippen LogP contribution in [0, 0.1) is 5.92 Å². The molecule has 0 atom stereocenters. The minimum atomic E-state index is -4.60. The third-order valence-corrected chi connectivity index (χ3v) is 7.45. The summed E-state index contributed by atoms with van der Waals surface area (Å²) in [5, 5.41) is 7.53. The zero-order valence-electron chi connectivity index (χ0n) is 19.0. The maximum atomic E-state index is 13.6. The summed E-state index contributed by atoms with van der Waals surface area (Å²) in [6.45, 7) is 3.60. The lowest BCUT2D eigenvalue weighted by molar-refractivity contribution is -0.122. The first-order valence-electron chi connectivity index (χ1n) is 11.8. The Kier molecular flexibility index (Phi) is 5.47. The van der Waals surface area contributed by atoms with Crippen LogP contribution in [0.2, 0.25) is 0 Å². The van der Waals surface area contributed by atoms with Crippen molar-refractivity contribution in [3.63, 3.8) is 0 Å². The highest BCUT2D eigenvalue weighted by Crippen LogP contribution is 2.51. The van der Waals surface area contributed by atoms with Gasteiger partial charge in [-0.25, -0.2) is 4.98 Å². The summed E-state index contributed by atoms with van der Waals surface area (Å²) in [4.78, 5) is 16.1. The van der Waals surface area contributed by atoms with Crippen LogP contribution in [0.1, 0.15) is 56.3 Å². The van der Waals surface area contributed by atoms with Gasteiger partial charge in [0.05, 0.1) is 17.0 Å². The molecule has 0 radical (unpaired) electrons. The van der Waals surface area contributed by atoms with Crippen LogP contribution in [0.4, 0.5) is 18.9 Å². The Morgan fingerprint density at radius 1 is 1.21 bits per heavy atom. The van der Waals surface area contributed by atoms with Crippen LogP contribution in [0.25, 0.3) is 22.4 Å². The number of amides is 1. The summed E-state index contributed by atoms with van der Waals surface area (Å²) in [7, 11) is 0. The largest absolute Gasteiger partial charge is 0.417 e. The Labute approximate surface area is 196 Å². The standard InChI is InChI=1S/C26H29F3N4O/c1-16(26(27,28)29)22-19-5-2-6-21(33-25-11-9-24(30,15-25)10-12-25)20(19)14-18(32-22)4-3-13-31-23(34)17-7-8-17/h2-6,14,17,33H,1,7-13,15,30H2,(H,31,34)/b4-3+. The van der Waals surface area contributed by atoms with Crippen LogP contribution in [-0.2, 0) is 4.79 Å². The number of pyridine rings is 1. The number of benzene rings is 1. The number of nitrogens with one attached hydrogen (secondary N) is 2. The summed E-state index contributed by atoms with van der Waals surface area (Å²) >= 11 is 0. The smallest absolute Gasteiger partial charge is 0.379 e. The molecule has 1 amide bonds. The molecule has 0 spiro atoms. The molecule has 3 aliphatic rings. The quantitative estimate of drug-likeness (QED) is 0.521. The number of nitrogens with zero attached hydrogens (tertiary/aromatic N) is 1. The van der Waals surface area contributed by atoms with Gasteiger partial charge in [-0.05, 0) is 63.2 Å². The number of aromatic nitrogens is 1. The molecule has 0 unspecified atom stereocenters. The predicted molar refractivity (Wildman–Crippen MR) is 128 cm³/mol. The average molecular weight is 471 g/mol. The van der Waals surface area contributed by atoms with Gasteiger partial charge < -0.3 is 16.4 Å². The number of anilines is 1. The van der Waals surface area contributed by atoms with E-state index in [9.17, 15) is 18.0 Å². The van der Waals surface area contributed by atoms with Crippen molar-refractivity contribution < 1.29 is 18.0 Å². The van der Waals surface area contributed by atoms with Gasteiger partial charge in [0.15, 0.2) is 0 Å². The van der Waals surface area contributed by atoms with Crippen LogP contribution < -0.4 is 16.4 Å². The van der Waals surface area contributed by atoms with Crippen molar-refractivity contribution in [2.24, 2.45) is 11.7 Å². The number of rotatable bonds is 7. The zero-order valence-corrected chi connectivity index (χ0v) is 19.0. The van der Waals surface area contributed by atoms with E-state index in [1.807, 2.05) is 6.07 Å². The third kappa shape index (κ3) is 4.43. The van der Waals surface area contributed by atoms with Gasteiger partial charge in [-0.2, -0.15) is 13.2 Å². The van der Waals surface area contributed by atoms with Crippen LogP contribution in [0.15, 0.2) is 36.9 Å². The summed E-state index contributed by atoms with van der Waals surface area (Å²) < 4.78 is 40.9. The fourth-order valence-electron chi connectivity index (χ4n) is 5.39. The molecular weight excluding hydrogens is 441 g/mol. The van der Waals surface area contributed by atoms with Gasteiger partial charge in [0, 0.05) is 40.0 Å². The number of carbonyl (C=O) groups excluding carboxylic acids is 1. The molecule has 3 saturated carbocycles. The molecule has 1 aromatic carbocycles. The first kappa shape index (κ1) is 22.9. The van der Waals surface area contributed by atoms with Crippen molar-refractivity contribution in [1.82, 2.24) is 10.3 Å². The molecule has 0 saturated heterocycles. The number of hydrogen-bond acceptors (Lipinski definition) is 4. The zero-order chi connectivity index (χ0) is 24.1. The molecule has 3 aliphatic carbocycles. The summed E-state index contributed by atoms with van der Waals surface area (Å²) in [6, 6.07) is 7.09. The average Bonchev–Trinajstić information content (AvgIpc) is 3.52. The van der Waals surface area contributed by atoms with E-state index in [0.717, 1.165) is 50.6 Å². The van der Waals surface area contributed by atoms with Crippen LogP contribution in [0.5, 0.6) is 0 Å². The van der Waals surface area contributed by atoms with Gasteiger partial charge in [0.1, 0.15) is 0 Å². The summed E-state index contributed by atoms with van der Waals surface area (Å²) in [6.07, 6.45) is 5.22. The first-order chi connectivity index (χ1) is 16.1. The maximum Gasteiger partial charge on any atom is 0.417 e. The second-order valence-electron chi connectivity index (χ2n) is 10.1. The molecule has 8 heteroatoms. The molecule has 2 aromatic rings. The van der Waals surface area contributed by atoms with E-state index >= 15 is 0 Å². The van der Waals surface area contributed by atoms with Crippen molar-refractivity contribution >= 4 is 34.0 Å². The van der Waals surface area contributed by atoms with Crippen molar-refractivity contribution in [1.29, 1.82) is 0 Å². The van der Waals surface area contributed by atoms with E-state index in [0.29, 0.717) is 23.0 Å². The normalized spacial score (nSPS) is 26.4. The fourth-order valence-corrected chi connectivity index (χ4v) is 5.39. The van der Waals surface area contributed by atoms with Crippen molar-refractivity contribution in [3.05, 3.63) is 48.3 Å². The monoisotopic (exact) mass is 470 g/mol. The van der Waals surface area contributed by atoms with Crippen molar-refractivity contribution in [2.75, 3.05) is 11.9 Å². The van der Waals surface area contributed by atoms with Crippen LogP contribution in [-0.4, -0.2) is 34.7 Å². The van der Waals surface area contributed by atoms with E-state index in [1.54, 1.807) is 30.4 Å². The van der Waals surface area contributed by atoms with E-state index in [1.165, 1.54) is 0 Å². The molecule has 5 rings (SSSR count). The number of carbonyl (C=O) groups is 1. The van der Waals surface area contributed by atoms with E-state index < -0.39 is 11.7 Å². The SMILES string of the molecule is C=C(c1nc(/C=C/CNC(=O)C2CC2)cc2c(NC34CCC(N)(CC3)C4)cccc12)C(F)(F)F. The van der Waals surface area contributed by atoms with Crippen LogP contribution in [0.3, 0.4) is 0 Å². The highest BCUT2D eigenvalue weighted by atomic mass is 19.4. The minimum Gasteiger partial charge on any atom is -0.379 e. The molecule has 1 heterocycles. The molecular formula is C26H29F3N4O. The Bertz CT molecular complexity index is 1170. The summed E-state index contributed by atoms with van der Waals surface area (Å²) in [5.41, 5.74) is 6.20. The Morgan fingerprint density at radius 2 is 1.94 bits per heavy atom. The molecule has 0 aliphatic heterocycles. The number of fused-ring (bicyclic) bond motifs is 3. The minimum absolute atomic E-state index is 0.0112. The Balaban J connectivity index is 1.50. The lowest BCUT2D eigenvalue weighted by Gasteiger charge is -2.30. The molecule has 4 N–H and O–H groups in total. The topological polar surface area (TPSA) is 80.0 Å². The molecule has 2 bridgehead atoms. The van der Waals surface area contributed by atoms with Gasteiger partial charge >= 0.3 is 6.18 Å². The second kappa shape index (κ2) is 8.12. The maximum absolute atomic E-state index is 13.6. The van der Waals surface area contributed by atoms with Crippen molar-refractivity contribution in [3.8, 4) is 0 Å². The van der Waals surface area contributed by atoms with E-state index in [2.05, 4.69) is 22.2 Å². The number of nitrogens with two attached hydrogens (primary N) is 1. The van der Waals surface area contributed by atoms with Gasteiger partial charge in [0.2, 0.25) is 5.91 Å². The van der Waals surface area contributed by atoms with E-state index in [4.69, 9.17) is 5.73 Å². The molecule has 5 nitrogen and oxygen atoms in total. The van der Waals surface area contributed by atoms with Gasteiger partial charge in [-0.15, -0.1) is 0 Å². The molecule has 34 heavy (non-hydrogen) atoms. The van der Waals surface area contributed by atoms with Gasteiger partial charge in [0.25, 0.3) is 0 Å². The molecule has 1 aromatic heterocycles. The van der Waals surface area contributed by atoms with Crippen LogP contribution >= 0.6 is 0 Å². The summed E-state index contributed by atoms with van der Waals surface area (Å²) in [5.74, 6) is 0.109. The second-order valence-corrected chi connectivity index (χ2v) is 10.1. The highest BCUT2D eigenvalue weighted by Gasteiger charge is 2.52. The van der Waals surface area contributed by atoms with Crippen molar-refractivity contribution in [2.45, 2.75) is 62.2 Å². The lowest BCUT2D eigenvalue weighted by Crippen LogP contribution is -2.34. The number of allylic oxidation sites excluding steroid dienone is 1. The van der Waals surface area contributed by atoms with Gasteiger partial charge in [-0.3, -0.25) is 4.79 Å². The first-order valence-corrected chi connectivity index (χ1v) is 11.8.